The number of carbonyl (C=O) groups is 1. The Hall–Kier alpha value is -3.29. The van der Waals surface area contributed by atoms with Crippen molar-refractivity contribution in [1.29, 1.82) is 5.26 Å². The summed E-state index contributed by atoms with van der Waals surface area (Å²) in [4.78, 5) is 25.8. The number of aromatic nitrogens is 2. The molecule has 29 heavy (non-hydrogen) atoms. The Labute approximate surface area is 167 Å². The fourth-order valence-corrected chi connectivity index (χ4v) is 2.16. The van der Waals surface area contributed by atoms with Gasteiger partial charge in [-0.25, -0.2) is 14.9 Å². The number of nitrogens with two attached hydrogens (primary N) is 1. The van der Waals surface area contributed by atoms with Crippen molar-refractivity contribution in [3.05, 3.63) is 35.4 Å². The van der Waals surface area contributed by atoms with E-state index in [0.717, 1.165) is 0 Å². The average molecular weight is 403 g/mol. The van der Waals surface area contributed by atoms with E-state index < -0.39 is 24.3 Å². The third-order valence-electron chi connectivity index (χ3n) is 3.50. The monoisotopic (exact) mass is 403 g/mol. The molecule has 4 N–H and O–H groups in total. The Morgan fingerprint density at radius 3 is 2.79 bits per heavy atom. The third kappa shape index (κ3) is 6.10. The van der Waals surface area contributed by atoms with Crippen LogP contribution in [-0.2, 0) is 4.84 Å². The van der Waals surface area contributed by atoms with Crippen molar-refractivity contribution in [1.82, 2.24) is 15.4 Å². The van der Waals surface area contributed by atoms with E-state index in [0.29, 0.717) is 11.1 Å². The van der Waals surface area contributed by atoms with Crippen molar-refractivity contribution in [2.45, 2.75) is 32.5 Å². The molecule has 154 valence electrons. The molecule has 2 rings (SSSR count). The van der Waals surface area contributed by atoms with Gasteiger partial charge in [0.15, 0.2) is 5.82 Å². The number of ether oxygens (including phenoxy) is 1. The number of benzene rings is 1. The number of rotatable bonds is 8. The van der Waals surface area contributed by atoms with Gasteiger partial charge in [0.05, 0.1) is 17.2 Å². The molecule has 9 nitrogen and oxygen atoms in total. The zero-order chi connectivity index (χ0) is 21.6. The molecule has 0 aliphatic carbocycles. The molecule has 1 aromatic heterocycles. The van der Waals surface area contributed by atoms with E-state index in [-0.39, 0.29) is 29.7 Å². The van der Waals surface area contributed by atoms with Gasteiger partial charge in [0.25, 0.3) is 5.91 Å². The molecule has 0 fully saturated rings. The van der Waals surface area contributed by atoms with Crippen LogP contribution in [0, 0.1) is 11.3 Å². The summed E-state index contributed by atoms with van der Waals surface area (Å²) in [7, 11) is 0. The van der Waals surface area contributed by atoms with Crippen LogP contribution in [0.4, 0.5) is 10.2 Å². The quantitative estimate of drug-likeness (QED) is 0.566. The summed E-state index contributed by atoms with van der Waals surface area (Å²) < 4.78 is 18.4. The van der Waals surface area contributed by atoms with Gasteiger partial charge in [-0.15, -0.1) is 0 Å². The van der Waals surface area contributed by atoms with Gasteiger partial charge in [0, 0.05) is 5.56 Å². The molecule has 0 bridgehead atoms. The highest BCUT2D eigenvalue weighted by molar-refractivity contribution is 6.00. The van der Waals surface area contributed by atoms with Crippen LogP contribution in [0.3, 0.4) is 0 Å². The second-order valence-electron chi connectivity index (χ2n) is 6.92. The van der Waals surface area contributed by atoms with Gasteiger partial charge in [0.1, 0.15) is 30.8 Å². The number of hydroxylamine groups is 1. The number of aliphatic hydroxyl groups is 1. The van der Waals surface area contributed by atoms with Crippen LogP contribution >= 0.6 is 0 Å². The molecule has 0 aliphatic rings. The number of alkyl halides is 1. The van der Waals surface area contributed by atoms with E-state index in [9.17, 15) is 14.3 Å². The number of hydrogen-bond acceptors (Lipinski definition) is 8. The molecule has 10 heteroatoms. The number of anilines is 1. The van der Waals surface area contributed by atoms with Crippen molar-refractivity contribution in [2.24, 2.45) is 0 Å². The first-order valence-corrected chi connectivity index (χ1v) is 8.69. The van der Waals surface area contributed by atoms with Crippen molar-refractivity contribution < 1.29 is 23.9 Å². The summed E-state index contributed by atoms with van der Waals surface area (Å²) in [6.07, 6.45) is -0.897. The van der Waals surface area contributed by atoms with Crippen molar-refractivity contribution >= 4 is 11.7 Å². The number of halogens is 1. The lowest BCUT2D eigenvalue weighted by molar-refractivity contribution is -0.0523. The first-order chi connectivity index (χ1) is 13.6. The molecule has 0 aliphatic heterocycles. The van der Waals surface area contributed by atoms with Crippen LogP contribution in [0.1, 0.15) is 36.7 Å². The van der Waals surface area contributed by atoms with E-state index in [1.807, 2.05) is 6.07 Å². The number of hydrogen-bond donors (Lipinski definition) is 3. The van der Waals surface area contributed by atoms with E-state index in [4.69, 9.17) is 20.6 Å². The lowest BCUT2D eigenvalue weighted by Crippen LogP contribution is -2.34. The standard InChI is InChI=1S/C19H22FN5O4/c1-11(8-20)29-18-14(17(26)25-28-10-19(2,3)27)15(22)23-16(24-18)13-6-4-5-12(7-13)9-21/h4-7,11,27H,8,10H2,1-3H3,(H,25,26)(H2,22,23,24)/t11-/m0/s1. The number of amides is 1. The van der Waals surface area contributed by atoms with E-state index >= 15 is 0 Å². The van der Waals surface area contributed by atoms with Crippen LogP contribution < -0.4 is 16.0 Å². The predicted molar refractivity (Wildman–Crippen MR) is 102 cm³/mol. The Bertz CT molecular complexity index is 924. The summed E-state index contributed by atoms with van der Waals surface area (Å²) in [5, 5.41) is 18.7. The van der Waals surface area contributed by atoms with Crippen LogP contribution in [0.5, 0.6) is 5.88 Å². The minimum Gasteiger partial charge on any atom is -0.471 e. The molecule has 1 aromatic carbocycles. The topological polar surface area (TPSA) is 143 Å². The Balaban J connectivity index is 2.42. The molecule has 1 heterocycles. The third-order valence-corrected chi connectivity index (χ3v) is 3.50. The highest BCUT2D eigenvalue weighted by atomic mass is 19.1. The molecule has 1 amide bonds. The lowest BCUT2D eigenvalue weighted by Gasteiger charge is -2.18. The maximum Gasteiger partial charge on any atom is 0.284 e. The van der Waals surface area contributed by atoms with Gasteiger partial charge in [-0.3, -0.25) is 9.63 Å². The number of carbonyl (C=O) groups excluding carboxylic acids is 1. The molecule has 0 radical (unpaired) electrons. The highest BCUT2D eigenvalue weighted by Crippen LogP contribution is 2.27. The molecule has 0 saturated heterocycles. The van der Waals surface area contributed by atoms with Crippen LogP contribution in [0.2, 0.25) is 0 Å². The van der Waals surface area contributed by atoms with Crippen molar-refractivity contribution in [2.75, 3.05) is 19.0 Å². The molecule has 0 saturated carbocycles. The minimum absolute atomic E-state index is 0.106. The summed E-state index contributed by atoms with van der Waals surface area (Å²) in [5.74, 6) is -1.16. The molecular weight excluding hydrogens is 381 g/mol. The smallest absolute Gasteiger partial charge is 0.284 e. The van der Waals surface area contributed by atoms with Crippen LogP contribution in [-0.4, -0.2) is 46.0 Å². The molecule has 0 spiro atoms. The summed E-state index contributed by atoms with van der Waals surface area (Å²) in [6, 6.07) is 8.46. The van der Waals surface area contributed by atoms with Gasteiger partial charge < -0.3 is 15.6 Å². The number of nitrogen functional groups attached to an aromatic ring is 1. The summed E-state index contributed by atoms with van der Waals surface area (Å²) >= 11 is 0. The molecule has 1 atom stereocenters. The van der Waals surface area contributed by atoms with Crippen LogP contribution in [0.15, 0.2) is 24.3 Å². The first-order valence-electron chi connectivity index (χ1n) is 8.69. The Morgan fingerprint density at radius 1 is 1.45 bits per heavy atom. The fraction of sp³-hybridized carbons (Fsp3) is 0.368. The van der Waals surface area contributed by atoms with Gasteiger partial charge in [0.2, 0.25) is 5.88 Å². The first kappa shape index (κ1) is 22.0. The maximum absolute atomic E-state index is 13.0. The number of nitrogens with one attached hydrogen (secondary N) is 1. The zero-order valence-electron chi connectivity index (χ0n) is 16.3. The van der Waals surface area contributed by atoms with Crippen LogP contribution in [0.25, 0.3) is 11.4 Å². The average Bonchev–Trinajstić information content (AvgIpc) is 2.66. The minimum atomic E-state index is -1.17. The van der Waals surface area contributed by atoms with Crippen molar-refractivity contribution in [3.63, 3.8) is 0 Å². The van der Waals surface area contributed by atoms with Gasteiger partial charge in [-0.05, 0) is 32.9 Å². The van der Waals surface area contributed by atoms with E-state index in [2.05, 4.69) is 15.4 Å². The van der Waals surface area contributed by atoms with E-state index in [1.54, 1.807) is 24.3 Å². The molecule has 0 unspecified atom stereocenters. The lowest BCUT2D eigenvalue weighted by atomic mass is 10.1. The van der Waals surface area contributed by atoms with E-state index in [1.165, 1.54) is 20.8 Å². The largest absolute Gasteiger partial charge is 0.471 e. The number of nitrogens with zero attached hydrogens (tertiary/aromatic N) is 3. The Morgan fingerprint density at radius 2 is 2.17 bits per heavy atom. The summed E-state index contributed by atoms with van der Waals surface area (Å²) in [6.45, 7) is 3.45. The van der Waals surface area contributed by atoms with Gasteiger partial charge in [-0.1, -0.05) is 12.1 Å². The number of nitriles is 1. The van der Waals surface area contributed by atoms with Gasteiger partial charge >= 0.3 is 0 Å². The van der Waals surface area contributed by atoms with Crippen molar-refractivity contribution in [3.8, 4) is 23.3 Å². The van der Waals surface area contributed by atoms with Gasteiger partial charge in [-0.2, -0.15) is 10.2 Å². The molecular formula is C19H22FN5O4. The fourth-order valence-electron chi connectivity index (χ4n) is 2.16. The maximum atomic E-state index is 13.0. The normalized spacial score (nSPS) is 12.1. The SMILES string of the molecule is C[C@@H](CF)Oc1nc(-c2cccc(C#N)c2)nc(N)c1C(=O)NOCC(C)(C)O. The highest BCUT2D eigenvalue weighted by Gasteiger charge is 2.24. The zero-order valence-corrected chi connectivity index (χ0v) is 16.3. The Kier molecular flexibility index (Phi) is 7.03. The summed E-state index contributed by atoms with van der Waals surface area (Å²) in [5.41, 5.74) is 7.52. The predicted octanol–water partition coefficient (Wildman–Crippen LogP) is 1.77. The molecule has 2 aromatic rings. The second kappa shape index (κ2) is 9.27. The second-order valence-corrected chi connectivity index (χ2v) is 6.92.